The van der Waals surface area contributed by atoms with Crippen LogP contribution in [-0.4, -0.2) is 40.4 Å². The number of aromatic amines is 1. The van der Waals surface area contributed by atoms with E-state index in [1.807, 2.05) is 24.3 Å². The van der Waals surface area contributed by atoms with Gasteiger partial charge in [0.25, 0.3) is 0 Å². The molecule has 2 aromatic rings. The topological polar surface area (TPSA) is 61.0 Å². The van der Waals surface area contributed by atoms with E-state index in [9.17, 15) is 4.79 Å². The Hall–Kier alpha value is -2.32. The molecular formula is C16H18N4O. The van der Waals surface area contributed by atoms with Crippen molar-refractivity contribution in [1.29, 1.82) is 0 Å². The predicted octanol–water partition coefficient (Wildman–Crippen LogP) is 1.85. The smallest absolute Gasteiger partial charge is 0.229 e. The molecule has 3 rings (SSSR count). The average Bonchev–Trinajstić information content (AvgIpc) is 2.90. The first-order valence-corrected chi connectivity index (χ1v) is 7.17. The van der Waals surface area contributed by atoms with Crippen LogP contribution >= 0.6 is 0 Å². The summed E-state index contributed by atoms with van der Waals surface area (Å²) in [6.45, 7) is 2.42. The summed E-state index contributed by atoms with van der Waals surface area (Å²) in [6.07, 6.45) is 6.99. The number of terminal acetylenes is 1. The monoisotopic (exact) mass is 282 g/mol. The number of carbonyl (C=O) groups excluding carboxylic acids is 1. The third-order valence-corrected chi connectivity index (χ3v) is 3.90. The minimum atomic E-state index is 0.0345. The second-order valence-electron chi connectivity index (χ2n) is 5.35. The fraction of sp³-hybridized carbons (Fsp3) is 0.375. The van der Waals surface area contributed by atoms with Crippen molar-refractivity contribution in [2.24, 2.45) is 5.92 Å². The lowest BCUT2D eigenvalue weighted by Gasteiger charge is -2.29. The molecule has 1 saturated heterocycles. The Balaban J connectivity index is 1.60. The Kier molecular flexibility index (Phi) is 3.89. The Bertz CT molecular complexity index is 644. The van der Waals surface area contributed by atoms with Gasteiger partial charge in [-0.3, -0.25) is 15.0 Å². The number of imidazole rings is 1. The number of likely N-dealkylation sites (tertiary alicyclic amines) is 1. The van der Waals surface area contributed by atoms with Crippen molar-refractivity contribution < 1.29 is 4.79 Å². The molecule has 0 unspecified atom stereocenters. The van der Waals surface area contributed by atoms with Gasteiger partial charge in [0.15, 0.2) is 0 Å². The van der Waals surface area contributed by atoms with Gasteiger partial charge >= 0.3 is 0 Å². The Labute approximate surface area is 123 Å². The zero-order chi connectivity index (χ0) is 14.7. The first-order chi connectivity index (χ1) is 10.3. The summed E-state index contributed by atoms with van der Waals surface area (Å²) in [5.74, 6) is 3.24. The van der Waals surface area contributed by atoms with Gasteiger partial charge in [-0.15, -0.1) is 6.42 Å². The third kappa shape index (κ3) is 3.06. The molecule has 5 heteroatoms. The van der Waals surface area contributed by atoms with Crippen LogP contribution in [0.1, 0.15) is 12.8 Å². The normalized spacial score (nSPS) is 16.7. The zero-order valence-electron chi connectivity index (χ0n) is 11.8. The van der Waals surface area contributed by atoms with Crippen LogP contribution in [0.4, 0.5) is 5.95 Å². The van der Waals surface area contributed by atoms with Crippen LogP contribution in [0.3, 0.4) is 0 Å². The summed E-state index contributed by atoms with van der Waals surface area (Å²) in [7, 11) is 0. The SMILES string of the molecule is C#CCN1CCC(C(=O)Nc2nc3ccccc3[nH]2)CC1. The van der Waals surface area contributed by atoms with Gasteiger partial charge in [-0.1, -0.05) is 18.1 Å². The number of piperidine rings is 1. The molecule has 2 N–H and O–H groups in total. The maximum Gasteiger partial charge on any atom is 0.229 e. The van der Waals surface area contributed by atoms with Gasteiger partial charge < -0.3 is 4.98 Å². The maximum atomic E-state index is 12.3. The molecule has 0 atom stereocenters. The summed E-state index contributed by atoms with van der Waals surface area (Å²) in [5.41, 5.74) is 1.79. The van der Waals surface area contributed by atoms with E-state index in [0.717, 1.165) is 37.0 Å². The van der Waals surface area contributed by atoms with E-state index >= 15 is 0 Å². The largest absolute Gasteiger partial charge is 0.324 e. The minimum absolute atomic E-state index is 0.0345. The van der Waals surface area contributed by atoms with Crippen molar-refractivity contribution in [3.8, 4) is 12.3 Å². The summed E-state index contributed by atoms with van der Waals surface area (Å²) in [6, 6.07) is 7.72. The molecule has 1 aromatic heterocycles. The fourth-order valence-corrected chi connectivity index (χ4v) is 2.71. The molecule has 5 nitrogen and oxygen atoms in total. The van der Waals surface area contributed by atoms with Crippen molar-refractivity contribution >= 4 is 22.9 Å². The molecule has 0 aliphatic carbocycles. The van der Waals surface area contributed by atoms with Crippen LogP contribution < -0.4 is 5.32 Å². The second-order valence-corrected chi connectivity index (χ2v) is 5.35. The van der Waals surface area contributed by atoms with Crippen LogP contribution in [0.2, 0.25) is 0 Å². The number of nitrogens with one attached hydrogen (secondary N) is 2. The lowest BCUT2D eigenvalue weighted by Crippen LogP contribution is -2.38. The molecule has 21 heavy (non-hydrogen) atoms. The van der Waals surface area contributed by atoms with Crippen molar-refractivity contribution in [2.75, 3.05) is 25.0 Å². The molecule has 0 spiro atoms. The average molecular weight is 282 g/mol. The van der Waals surface area contributed by atoms with Crippen molar-refractivity contribution in [1.82, 2.24) is 14.9 Å². The number of aromatic nitrogens is 2. The summed E-state index contributed by atoms with van der Waals surface area (Å²) < 4.78 is 0. The number of anilines is 1. The number of hydrogen-bond acceptors (Lipinski definition) is 3. The van der Waals surface area contributed by atoms with Crippen LogP contribution in [-0.2, 0) is 4.79 Å². The number of carbonyl (C=O) groups is 1. The summed E-state index contributed by atoms with van der Waals surface area (Å²) in [5, 5.41) is 2.88. The molecule has 108 valence electrons. The number of para-hydroxylation sites is 2. The summed E-state index contributed by atoms with van der Waals surface area (Å²) >= 11 is 0. The molecule has 0 saturated carbocycles. The van der Waals surface area contributed by atoms with Crippen molar-refractivity contribution in [3.05, 3.63) is 24.3 Å². The Morgan fingerprint density at radius 1 is 1.43 bits per heavy atom. The third-order valence-electron chi connectivity index (χ3n) is 3.90. The minimum Gasteiger partial charge on any atom is -0.324 e. The van der Waals surface area contributed by atoms with Crippen LogP contribution in [0.5, 0.6) is 0 Å². The van der Waals surface area contributed by atoms with E-state index in [-0.39, 0.29) is 11.8 Å². The lowest BCUT2D eigenvalue weighted by atomic mass is 9.96. The van der Waals surface area contributed by atoms with E-state index < -0.39 is 0 Å². The number of benzene rings is 1. The van der Waals surface area contributed by atoms with Crippen molar-refractivity contribution in [3.63, 3.8) is 0 Å². The highest BCUT2D eigenvalue weighted by atomic mass is 16.2. The Morgan fingerprint density at radius 3 is 2.90 bits per heavy atom. The van der Waals surface area contributed by atoms with Crippen molar-refractivity contribution in [2.45, 2.75) is 12.8 Å². The molecule has 1 aromatic carbocycles. The number of amides is 1. The van der Waals surface area contributed by atoms with Gasteiger partial charge in [0, 0.05) is 5.92 Å². The molecule has 0 radical (unpaired) electrons. The van der Waals surface area contributed by atoms with Gasteiger partial charge in [0.2, 0.25) is 11.9 Å². The van der Waals surface area contributed by atoms with Gasteiger partial charge in [-0.2, -0.15) is 0 Å². The predicted molar refractivity (Wildman–Crippen MR) is 82.7 cm³/mol. The lowest BCUT2D eigenvalue weighted by molar-refractivity contribution is -0.121. The number of fused-ring (bicyclic) bond motifs is 1. The second kappa shape index (κ2) is 5.98. The van der Waals surface area contributed by atoms with Gasteiger partial charge in [-0.05, 0) is 38.1 Å². The number of rotatable bonds is 3. The molecule has 1 aliphatic rings. The number of nitrogens with zero attached hydrogens (tertiary/aromatic N) is 2. The Morgan fingerprint density at radius 2 is 2.19 bits per heavy atom. The maximum absolute atomic E-state index is 12.3. The summed E-state index contributed by atoms with van der Waals surface area (Å²) in [4.78, 5) is 22.0. The van der Waals surface area contributed by atoms with Gasteiger partial charge in [0.05, 0.1) is 17.6 Å². The first kappa shape index (κ1) is 13.7. The molecule has 0 bridgehead atoms. The first-order valence-electron chi connectivity index (χ1n) is 7.17. The van der Waals surface area contributed by atoms with E-state index in [1.165, 1.54) is 0 Å². The highest BCUT2D eigenvalue weighted by Crippen LogP contribution is 2.19. The van der Waals surface area contributed by atoms with Crippen LogP contribution in [0.15, 0.2) is 24.3 Å². The number of hydrogen-bond donors (Lipinski definition) is 2. The van der Waals surface area contributed by atoms with E-state index in [4.69, 9.17) is 6.42 Å². The zero-order valence-corrected chi connectivity index (χ0v) is 11.8. The van der Waals surface area contributed by atoms with E-state index in [1.54, 1.807) is 0 Å². The fourth-order valence-electron chi connectivity index (χ4n) is 2.71. The van der Waals surface area contributed by atoms with E-state index in [2.05, 4.69) is 26.1 Å². The quantitative estimate of drug-likeness (QED) is 0.845. The van der Waals surface area contributed by atoms with Crippen LogP contribution in [0.25, 0.3) is 11.0 Å². The standard InChI is InChI=1S/C16H18N4O/c1-2-9-20-10-7-12(8-11-20)15(21)19-16-17-13-5-3-4-6-14(13)18-16/h1,3-6,12H,7-11H2,(H2,17,18,19,21). The number of H-pyrrole nitrogens is 1. The van der Waals surface area contributed by atoms with Gasteiger partial charge in [-0.25, -0.2) is 4.98 Å². The highest BCUT2D eigenvalue weighted by Gasteiger charge is 2.25. The molecule has 1 aliphatic heterocycles. The van der Waals surface area contributed by atoms with E-state index in [0.29, 0.717) is 12.5 Å². The van der Waals surface area contributed by atoms with Gasteiger partial charge in [0.1, 0.15) is 0 Å². The molecule has 2 heterocycles. The van der Waals surface area contributed by atoms with Crippen LogP contribution in [0, 0.1) is 18.3 Å². The molecule has 1 amide bonds. The molecule has 1 fully saturated rings. The highest BCUT2D eigenvalue weighted by molar-refractivity contribution is 5.92. The molecular weight excluding hydrogens is 264 g/mol.